The highest BCUT2D eigenvalue weighted by atomic mass is 16.7. The Balaban J connectivity index is 2.53. The lowest BCUT2D eigenvalue weighted by Gasteiger charge is -2.14. The number of carbonyl (C=O) groups excluding carboxylic acids is 2. The lowest BCUT2D eigenvalue weighted by atomic mass is 10.5. The summed E-state index contributed by atoms with van der Waals surface area (Å²) in [7, 11) is 0. The fourth-order valence-corrected chi connectivity index (χ4v) is 1.15. The zero-order valence-electron chi connectivity index (χ0n) is 9.66. The molecular weight excluding hydrogens is 228 g/mol. The van der Waals surface area contributed by atoms with Crippen LogP contribution >= 0.6 is 0 Å². The minimum atomic E-state index is -0.500. The minimum Gasteiger partial charge on any atom is -0.394 e. The van der Waals surface area contributed by atoms with E-state index in [2.05, 4.69) is 10.3 Å². The van der Waals surface area contributed by atoms with Crippen LogP contribution in [0.15, 0.2) is 6.20 Å². The van der Waals surface area contributed by atoms with Gasteiger partial charge in [0.2, 0.25) is 11.8 Å². The number of hydroxylamine groups is 2. The number of imide groups is 1. The van der Waals surface area contributed by atoms with Crippen molar-refractivity contribution in [3.05, 3.63) is 11.9 Å². The molecule has 1 rings (SSSR count). The molecule has 0 aliphatic carbocycles. The summed E-state index contributed by atoms with van der Waals surface area (Å²) in [6.07, 6.45) is 1.56. The molecule has 0 unspecified atom stereocenters. The van der Waals surface area contributed by atoms with Gasteiger partial charge in [-0.05, 0) is 0 Å². The van der Waals surface area contributed by atoms with Gasteiger partial charge in [0.1, 0.15) is 12.3 Å². The van der Waals surface area contributed by atoms with Crippen LogP contribution in [-0.4, -0.2) is 43.6 Å². The van der Waals surface area contributed by atoms with Crippen molar-refractivity contribution in [2.24, 2.45) is 0 Å². The molecule has 0 fully saturated rings. The molecule has 0 bridgehead atoms. The molecule has 94 valence electrons. The third-order valence-electron chi connectivity index (χ3n) is 1.83. The maximum absolute atomic E-state index is 11.0. The van der Waals surface area contributed by atoms with Gasteiger partial charge < -0.3 is 5.11 Å². The fourth-order valence-electron chi connectivity index (χ4n) is 1.15. The van der Waals surface area contributed by atoms with E-state index in [1.807, 2.05) is 0 Å². The Labute approximate surface area is 97.7 Å². The summed E-state index contributed by atoms with van der Waals surface area (Å²) in [6.45, 7) is 2.70. The van der Waals surface area contributed by atoms with E-state index < -0.39 is 11.8 Å². The quantitative estimate of drug-likeness (QED) is 0.672. The standard InChI is InChI=1S/C9H14N4O4/c1-7(15)13(8(2)16)17-6-9-5-12(3-4-14)11-10-9/h5,14H,3-4,6H2,1-2H3. The van der Waals surface area contributed by atoms with Gasteiger partial charge in [-0.25, -0.2) is 4.68 Å². The van der Waals surface area contributed by atoms with E-state index >= 15 is 0 Å². The molecule has 0 saturated carbocycles. The van der Waals surface area contributed by atoms with Crippen LogP contribution in [0.1, 0.15) is 19.5 Å². The second-order valence-electron chi connectivity index (χ2n) is 3.30. The summed E-state index contributed by atoms with van der Waals surface area (Å²) in [4.78, 5) is 27.0. The van der Waals surface area contributed by atoms with Crippen LogP contribution in [0.4, 0.5) is 0 Å². The molecule has 0 spiro atoms. The van der Waals surface area contributed by atoms with Crippen LogP contribution in [0.5, 0.6) is 0 Å². The maximum Gasteiger partial charge on any atom is 0.250 e. The van der Waals surface area contributed by atoms with Gasteiger partial charge in [-0.3, -0.25) is 14.4 Å². The molecule has 8 heteroatoms. The van der Waals surface area contributed by atoms with E-state index in [1.165, 1.54) is 18.5 Å². The normalized spacial score (nSPS) is 10.3. The van der Waals surface area contributed by atoms with Gasteiger partial charge in [0.15, 0.2) is 0 Å². The lowest BCUT2D eigenvalue weighted by Crippen LogP contribution is -2.33. The Morgan fingerprint density at radius 2 is 2.12 bits per heavy atom. The van der Waals surface area contributed by atoms with E-state index in [0.29, 0.717) is 17.3 Å². The van der Waals surface area contributed by atoms with Crippen LogP contribution in [-0.2, 0) is 27.6 Å². The molecule has 2 amide bonds. The van der Waals surface area contributed by atoms with E-state index in [1.54, 1.807) is 6.20 Å². The third-order valence-corrected chi connectivity index (χ3v) is 1.83. The number of hydrogen-bond acceptors (Lipinski definition) is 6. The number of aliphatic hydroxyl groups excluding tert-OH is 1. The summed E-state index contributed by atoms with van der Waals surface area (Å²) in [5.41, 5.74) is 0.464. The Kier molecular flexibility index (Phi) is 4.73. The average molecular weight is 242 g/mol. The van der Waals surface area contributed by atoms with Crippen LogP contribution in [0, 0.1) is 0 Å². The van der Waals surface area contributed by atoms with Gasteiger partial charge >= 0.3 is 0 Å². The molecular formula is C9H14N4O4. The summed E-state index contributed by atoms with van der Waals surface area (Å²) in [5.74, 6) is -1.000. The highest BCUT2D eigenvalue weighted by Crippen LogP contribution is 2.00. The number of aliphatic hydroxyl groups is 1. The average Bonchev–Trinajstić information content (AvgIpc) is 2.65. The number of nitrogens with zero attached hydrogens (tertiary/aromatic N) is 4. The predicted octanol–water partition coefficient (Wildman–Crippen LogP) is -0.903. The van der Waals surface area contributed by atoms with Gasteiger partial charge in [-0.1, -0.05) is 5.21 Å². The highest BCUT2D eigenvalue weighted by molar-refractivity contribution is 5.91. The molecule has 1 N–H and O–H groups in total. The lowest BCUT2D eigenvalue weighted by molar-refractivity contribution is -0.196. The van der Waals surface area contributed by atoms with Crippen molar-refractivity contribution >= 4 is 11.8 Å². The van der Waals surface area contributed by atoms with E-state index in [4.69, 9.17) is 9.94 Å². The topological polar surface area (TPSA) is 97.6 Å². The zero-order chi connectivity index (χ0) is 12.8. The van der Waals surface area contributed by atoms with Gasteiger partial charge in [0.25, 0.3) is 0 Å². The summed E-state index contributed by atoms with van der Waals surface area (Å²) in [6, 6.07) is 0. The number of amides is 2. The van der Waals surface area contributed by atoms with Crippen molar-refractivity contribution < 1.29 is 19.5 Å². The smallest absolute Gasteiger partial charge is 0.250 e. The molecule has 0 aliphatic rings. The molecule has 17 heavy (non-hydrogen) atoms. The Morgan fingerprint density at radius 1 is 1.47 bits per heavy atom. The van der Waals surface area contributed by atoms with Crippen LogP contribution < -0.4 is 0 Å². The molecule has 0 radical (unpaired) electrons. The van der Waals surface area contributed by atoms with Crippen LogP contribution in [0.3, 0.4) is 0 Å². The second-order valence-corrected chi connectivity index (χ2v) is 3.30. The maximum atomic E-state index is 11.0. The highest BCUT2D eigenvalue weighted by Gasteiger charge is 2.15. The summed E-state index contributed by atoms with van der Waals surface area (Å²) < 4.78 is 1.44. The Hall–Kier alpha value is -1.80. The van der Waals surface area contributed by atoms with E-state index in [-0.39, 0.29) is 13.2 Å². The van der Waals surface area contributed by atoms with Crippen molar-refractivity contribution in [1.29, 1.82) is 0 Å². The second kappa shape index (κ2) is 6.06. The molecule has 1 heterocycles. The van der Waals surface area contributed by atoms with E-state index in [9.17, 15) is 9.59 Å². The van der Waals surface area contributed by atoms with Gasteiger partial charge in [0, 0.05) is 13.8 Å². The number of hydrogen-bond donors (Lipinski definition) is 1. The first-order chi connectivity index (χ1) is 8.04. The first-order valence-corrected chi connectivity index (χ1v) is 4.98. The predicted molar refractivity (Wildman–Crippen MR) is 55.1 cm³/mol. The van der Waals surface area contributed by atoms with Crippen LogP contribution in [0.2, 0.25) is 0 Å². The summed E-state index contributed by atoms with van der Waals surface area (Å²) in [5, 5.41) is 16.8. The Morgan fingerprint density at radius 3 is 2.65 bits per heavy atom. The van der Waals surface area contributed by atoms with Gasteiger partial charge in [-0.2, -0.15) is 5.06 Å². The number of aromatic nitrogens is 3. The minimum absolute atomic E-state index is 0.0371. The van der Waals surface area contributed by atoms with Crippen LogP contribution in [0.25, 0.3) is 0 Å². The largest absolute Gasteiger partial charge is 0.394 e. The molecule has 1 aromatic heterocycles. The Bertz CT molecular complexity index is 389. The first kappa shape index (κ1) is 13.3. The van der Waals surface area contributed by atoms with Crippen molar-refractivity contribution in [2.45, 2.75) is 27.0 Å². The van der Waals surface area contributed by atoms with Gasteiger partial charge in [-0.15, -0.1) is 5.10 Å². The van der Waals surface area contributed by atoms with Crippen molar-refractivity contribution in [3.8, 4) is 0 Å². The summed E-state index contributed by atoms with van der Waals surface area (Å²) >= 11 is 0. The van der Waals surface area contributed by atoms with Crippen molar-refractivity contribution in [1.82, 2.24) is 20.1 Å². The zero-order valence-corrected chi connectivity index (χ0v) is 9.66. The van der Waals surface area contributed by atoms with Crippen molar-refractivity contribution in [3.63, 3.8) is 0 Å². The number of rotatable bonds is 5. The van der Waals surface area contributed by atoms with E-state index in [0.717, 1.165) is 0 Å². The fraction of sp³-hybridized carbons (Fsp3) is 0.556. The first-order valence-electron chi connectivity index (χ1n) is 4.98. The monoisotopic (exact) mass is 242 g/mol. The molecule has 8 nitrogen and oxygen atoms in total. The molecule has 0 atom stereocenters. The third kappa shape index (κ3) is 3.93. The van der Waals surface area contributed by atoms with Crippen molar-refractivity contribution in [2.75, 3.05) is 6.61 Å². The number of carbonyl (C=O) groups is 2. The molecule has 1 aromatic rings. The van der Waals surface area contributed by atoms with Gasteiger partial charge in [0.05, 0.1) is 19.3 Å². The molecule has 0 aromatic carbocycles. The molecule has 0 saturated heterocycles. The SMILES string of the molecule is CC(=O)N(OCc1cn(CCO)nn1)C(C)=O. The molecule has 0 aliphatic heterocycles.